The number of nitrogens with zero attached hydrogens (tertiary/aromatic N) is 1. The van der Waals surface area contributed by atoms with Crippen molar-refractivity contribution in [1.82, 2.24) is 15.8 Å². The Morgan fingerprint density at radius 2 is 1.91 bits per heavy atom. The van der Waals surface area contributed by atoms with Crippen LogP contribution in [0.4, 0.5) is 0 Å². The molecule has 1 amide bonds. The van der Waals surface area contributed by atoms with Gasteiger partial charge in [-0.1, -0.05) is 42.6 Å². The van der Waals surface area contributed by atoms with Crippen molar-refractivity contribution in [2.24, 2.45) is 0 Å². The lowest BCUT2D eigenvalue weighted by Gasteiger charge is -2.13. The van der Waals surface area contributed by atoms with Crippen LogP contribution in [0.25, 0.3) is 15.9 Å². The summed E-state index contributed by atoms with van der Waals surface area (Å²) in [5, 5.41) is 10.1. The predicted molar refractivity (Wildman–Crippen MR) is 130 cm³/mol. The maximum atomic E-state index is 12.4. The number of amides is 1. The van der Waals surface area contributed by atoms with Crippen LogP contribution < -0.4 is 15.6 Å². The van der Waals surface area contributed by atoms with Crippen molar-refractivity contribution in [2.45, 2.75) is 10.1 Å². The number of nitrogens with one attached hydrogen (secondary N) is 2. The normalized spacial score (nSPS) is 10.7. The number of fused-ring (bicyclic) bond motifs is 1. The van der Waals surface area contributed by atoms with Gasteiger partial charge in [-0.05, 0) is 42.0 Å². The summed E-state index contributed by atoms with van der Waals surface area (Å²) in [6, 6.07) is 20.4. The zero-order chi connectivity index (χ0) is 22.5. The van der Waals surface area contributed by atoms with Crippen molar-refractivity contribution in [2.75, 3.05) is 7.11 Å². The molecule has 0 fully saturated rings. The third kappa shape index (κ3) is 5.04. The Kier molecular flexibility index (Phi) is 6.63. The van der Waals surface area contributed by atoms with Crippen LogP contribution in [0.1, 0.15) is 21.5 Å². The Labute approximate surface area is 193 Å². The number of hydrogen-bond donors (Lipinski definition) is 3. The second-order valence-electron chi connectivity index (χ2n) is 6.87. The smallest absolute Gasteiger partial charge is 0.269 e. The summed E-state index contributed by atoms with van der Waals surface area (Å²) in [4.78, 5) is 17.1. The van der Waals surface area contributed by atoms with Crippen molar-refractivity contribution in [3.63, 3.8) is 0 Å². The molecule has 0 aliphatic rings. The Morgan fingerprint density at radius 1 is 1.12 bits per heavy atom. The van der Waals surface area contributed by atoms with Crippen LogP contribution in [0.2, 0.25) is 0 Å². The molecule has 4 aromatic rings. The van der Waals surface area contributed by atoms with Crippen molar-refractivity contribution >= 4 is 44.9 Å². The predicted octanol–water partition coefficient (Wildman–Crippen LogP) is 5.21. The molecule has 0 aliphatic carbocycles. The van der Waals surface area contributed by atoms with Gasteiger partial charge in [0.2, 0.25) is 0 Å². The van der Waals surface area contributed by atoms with E-state index in [-0.39, 0.29) is 11.7 Å². The molecule has 1 aromatic heterocycles. The van der Waals surface area contributed by atoms with E-state index in [1.807, 2.05) is 30.3 Å². The van der Waals surface area contributed by atoms with E-state index in [1.54, 1.807) is 47.4 Å². The summed E-state index contributed by atoms with van der Waals surface area (Å²) >= 11 is 3.36. The van der Waals surface area contributed by atoms with Crippen molar-refractivity contribution < 1.29 is 14.6 Å². The molecule has 4 rings (SSSR count). The zero-order valence-electron chi connectivity index (χ0n) is 17.3. The number of aromatic hydroxyl groups is 1. The van der Waals surface area contributed by atoms with Gasteiger partial charge in [0.1, 0.15) is 11.5 Å². The van der Waals surface area contributed by atoms with Gasteiger partial charge < -0.3 is 9.84 Å². The number of para-hydroxylation sites is 1. The Hall–Kier alpha value is -3.49. The van der Waals surface area contributed by atoms with Gasteiger partial charge in [0, 0.05) is 22.9 Å². The Morgan fingerprint density at radius 3 is 2.62 bits per heavy atom. The number of benzene rings is 3. The van der Waals surface area contributed by atoms with Gasteiger partial charge in [0.25, 0.3) is 5.91 Å². The van der Waals surface area contributed by atoms with E-state index in [0.717, 1.165) is 21.2 Å². The summed E-state index contributed by atoms with van der Waals surface area (Å²) in [6.07, 6.45) is 0. The SMILES string of the molecule is C=C(NNC(=O)c1ccc(CSc2nc3ccccc3s2)cc1)c1ccc(OC)cc1O. The molecule has 32 heavy (non-hydrogen) atoms. The van der Waals surface area contributed by atoms with Crippen molar-refractivity contribution in [3.8, 4) is 11.5 Å². The fourth-order valence-corrected chi connectivity index (χ4v) is 5.00. The second kappa shape index (κ2) is 9.76. The number of methoxy groups -OCH3 is 1. The highest BCUT2D eigenvalue weighted by Gasteiger charge is 2.10. The number of carbonyl (C=O) groups is 1. The Bertz CT molecular complexity index is 1240. The molecule has 0 atom stereocenters. The number of phenols is 1. The first-order valence-corrected chi connectivity index (χ1v) is 11.5. The molecule has 3 aromatic carbocycles. The maximum absolute atomic E-state index is 12.4. The second-order valence-corrected chi connectivity index (χ2v) is 9.13. The minimum Gasteiger partial charge on any atom is -0.507 e. The molecule has 162 valence electrons. The summed E-state index contributed by atoms with van der Waals surface area (Å²) in [5.41, 5.74) is 8.81. The fourth-order valence-electron chi connectivity index (χ4n) is 2.98. The molecule has 0 saturated carbocycles. The van der Waals surface area contributed by atoms with E-state index in [9.17, 15) is 9.90 Å². The number of thiazole rings is 1. The van der Waals surface area contributed by atoms with Crippen LogP contribution in [0, 0.1) is 0 Å². The molecule has 0 radical (unpaired) electrons. The molecule has 1 heterocycles. The molecule has 0 bridgehead atoms. The molecular weight excluding hydrogens is 442 g/mol. The minimum atomic E-state index is -0.301. The molecule has 3 N–H and O–H groups in total. The molecule has 6 nitrogen and oxygen atoms in total. The van der Waals surface area contributed by atoms with Gasteiger partial charge in [-0.2, -0.15) is 0 Å². The van der Waals surface area contributed by atoms with E-state index in [1.165, 1.54) is 17.9 Å². The number of thioether (sulfide) groups is 1. The first kappa shape index (κ1) is 21.7. The lowest BCUT2D eigenvalue weighted by molar-refractivity contribution is 0.0942. The quantitative estimate of drug-likeness (QED) is 0.246. The van der Waals surface area contributed by atoms with Crippen LogP contribution in [0.5, 0.6) is 11.5 Å². The number of aromatic nitrogens is 1. The van der Waals surface area contributed by atoms with Crippen LogP contribution >= 0.6 is 23.1 Å². The summed E-state index contributed by atoms with van der Waals surface area (Å²) in [5.74, 6) is 1.01. The van der Waals surface area contributed by atoms with Crippen molar-refractivity contribution in [1.29, 1.82) is 0 Å². The van der Waals surface area contributed by atoms with E-state index in [4.69, 9.17) is 4.74 Å². The molecule has 0 aliphatic heterocycles. The van der Waals surface area contributed by atoms with Crippen LogP contribution in [0.3, 0.4) is 0 Å². The largest absolute Gasteiger partial charge is 0.507 e. The molecule has 0 unspecified atom stereocenters. The standard InChI is InChI=1S/C24H21N3O3S2/c1-15(19-12-11-18(30-2)13-21(19)28)26-27-23(29)17-9-7-16(8-10-17)14-31-24-25-20-5-3-4-6-22(20)32-24/h3-13,26,28H,1,14H2,2H3,(H,27,29). The average Bonchev–Trinajstić information content (AvgIpc) is 3.24. The van der Waals surface area contributed by atoms with Crippen LogP contribution in [-0.4, -0.2) is 23.1 Å². The lowest BCUT2D eigenvalue weighted by Crippen LogP contribution is -2.35. The minimum absolute atomic E-state index is 0.00563. The number of hydrazine groups is 1. The fraction of sp³-hybridized carbons (Fsp3) is 0.0833. The van der Waals surface area contributed by atoms with E-state index in [0.29, 0.717) is 22.6 Å². The van der Waals surface area contributed by atoms with Gasteiger partial charge in [-0.15, -0.1) is 11.3 Å². The van der Waals surface area contributed by atoms with Crippen LogP contribution in [0.15, 0.2) is 77.6 Å². The first-order chi connectivity index (χ1) is 15.5. The van der Waals surface area contributed by atoms with E-state index >= 15 is 0 Å². The molecular formula is C24H21N3O3S2. The van der Waals surface area contributed by atoms with E-state index < -0.39 is 0 Å². The summed E-state index contributed by atoms with van der Waals surface area (Å²) in [7, 11) is 1.52. The zero-order valence-corrected chi connectivity index (χ0v) is 18.9. The lowest BCUT2D eigenvalue weighted by atomic mass is 10.1. The van der Waals surface area contributed by atoms with Gasteiger partial charge in [-0.25, -0.2) is 4.98 Å². The highest BCUT2D eigenvalue weighted by Crippen LogP contribution is 2.31. The summed E-state index contributed by atoms with van der Waals surface area (Å²) in [6.45, 7) is 3.86. The van der Waals surface area contributed by atoms with E-state index in [2.05, 4.69) is 28.5 Å². The monoisotopic (exact) mass is 463 g/mol. The van der Waals surface area contributed by atoms with Gasteiger partial charge in [0.05, 0.1) is 23.0 Å². The first-order valence-electron chi connectivity index (χ1n) is 9.73. The third-order valence-electron chi connectivity index (χ3n) is 4.71. The number of carbonyl (C=O) groups excluding carboxylic acids is 1. The van der Waals surface area contributed by atoms with Gasteiger partial charge >= 0.3 is 0 Å². The topological polar surface area (TPSA) is 83.5 Å². The third-order valence-corrected chi connectivity index (χ3v) is 6.96. The highest BCUT2D eigenvalue weighted by molar-refractivity contribution is 8.00. The number of ether oxygens (including phenoxy) is 1. The number of phenolic OH excluding ortho intramolecular Hbond substituents is 1. The van der Waals surface area contributed by atoms with Crippen LogP contribution in [-0.2, 0) is 5.75 Å². The van der Waals surface area contributed by atoms with Crippen molar-refractivity contribution in [3.05, 3.63) is 90.0 Å². The van der Waals surface area contributed by atoms with Gasteiger partial charge in [-0.3, -0.25) is 15.6 Å². The summed E-state index contributed by atoms with van der Waals surface area (Å²) < 4.78 is 7.27. The molecule has 8 heteroatoms. The average molecular weight is 464 g/mol. The number of rotatable bonds is 8. The highest BCUT2D eigenvalue weighted by atomic mass is 32.2. The number of hydrogen-bond acceptors (Lipinski definition) is 7. The maximum Gasteiger partial charge on any atom is 0.269 e. The molecule has 0 spiro atoms. The van der Waals surface area contributed by atoms with Gasteiger partial charge in [0.15, 0.2) is 4.34 Å². The Balaban J connectivity index is 1.31. The molecule has 0 saturated heterocycles.